The molecule has 0 saturated carbocycles. The molecule has 0 fully saturated rings. The van der Waals surface area contributed by atoms with Crippen LogP contribution in [0, 0.1) is 56.3 Å². The topological polar surface area (TPSA) is 186 Å². The van der Waals surface area contributed by atoms with Crippen molar-refractivity contribution in [1.29, 1.82) is 0 Å². The molecule has 114 heavy (non-hydrogen) atoms. The van der Waals surface area contributed by atoms with Crippen LogP contribution in [0.2, 0.25) is 0 Å². The third kappa shape index (κ3) is 25.4. The third-order valence-electron chi connectivity index (χ3n) is 20.3. The van der Waals surface area contributed by atoms with Crippen LogP contribution in [0.3, 0.4) is 0 Å². The number of carbonyl (C=O) groups is 3. The number of hydrogen-bond donors (Lipinski definition) is 3. The lowest BCUT2D eigenvalue weighted by Crippen LogP contribution is -2.31. The third-order valence-corrected chi connectivity index (χ3v) is 20.8. The molecule has 0 heterocycles. The summed E-state index contributed by atoms with van der Waals surface area (Å²) < 4.78 is 47.5. The van der Waals surface area contributed by atoms with Crippen LogP contribution in [-0.2, 0) is 43.1 Å². The Kier molecular flexibility index (Phi) is 34.2. The number of aryl methyl sites for hydroxylation is 6. The molecule has 0 amide bonds. The van der Waals surface area contributed by atoms with Crippen molar-refractivity contribution < 1.29 is 67.4 Å². The van der Waals surface area contributed by atoms with Crippen LogP contribution in [-0.4, -0.2) is 74.2 Å². The second-order valence-corrected chi connectivity index (χ2v) is 29.7. The van der Waals surface area contributed by atoms with Crippen LogP contribution in [0.25, 0.3) is 22.3 Å². The second-order valence-electron chi connectivity index (χ2n) is 28.8. The standard InChI is InChI=1S/C33H36O4.C32H34O4.C22H21BrO3.C11H17BO3/c1-5-7-19-36-31-17-9-23(3)20-29(31)27-11-10-25-14-18-32(30(25)21-27)37-28-15-12-24(13-16-28)26(8-6-2)22-33(34)35-4;1-4-6-18-35-30-16-8-22(3)19-28(30)26-10-9-24-13-17-31(29(24)20-26)36-27-14-11-23(12-15-27)25(7-5-2)21-32(33)34;1-3-4-17(13-22(24)25-2)15-6-10-19(11-7-15)26-21-12-8-16-5-9-18(23)14-20(16)21;1-3-4-7-15-11-6-5-9(2)8-10(11)12(13)14/h9-13,15-17,20-21,26,32H,5,7,14,18-19,22H2,1-4H3;8-12,14-16,19-20,25,31H,4,6,13,17-18,21H2,1-3H3,(H,33,34);5-7,9-11,14,17,21H,8,12-13H2,1-2H3;5-6,8,13-14H,3-4,7H2,1-2H3/t26-,32?;25-,31?;17-,21?;/m000./s1. The van der Waals surface area contributed by atoms with Crippen molar-refractivity contribution in [2.45, 2.75) is 195 Å². The molecule has 0 aliphatic heterocycles. The molecule has 3 N–H and O–H groups in total. The predicted molar refractivity (Wildman–Crippen MR) is 458 cm³/mol. The van der Waals surface area contributed by atoms with E-state index in [9.17, 15) is 19.5 Å². The lowest BCUT2D eigenvalue weighted by Gasteiger charge is -2.18. The number of halogens is 1. The van der Waals surface area contributed by atoms with Crippen molar-refractivity contribution in [2.75, 3.05) is 34.0 Å². The average Bonchev–Trinajstić information content (AvgIpc) is 1.58. The van der Waals surface area contributed by atoms with E-state index in [1.54, 1.807) is 32.9 Å². The first kappa shape index (κ1) is 87.3. The fourth-order valence-electron chi connectivity index (χ4n) is 14.1. The Morgan fingerprint density at radius 3 is 1.13 bits per heavy atom. The number of carboxylic acid groups (broad SMARTS) is 1. The van der Waals surface area contributed by atoms with E-state index in [2.05, 4.69) is 177 Å². The number of carboxylic acids is 1. The minimum atomic E-state index is -1.47. The molecule has 9 aromatic rings. The highest BCUT2D eigenvalue weighted by molar-refractivity contribution is 9.10. The molecular weight excluding hydrogens is 1490 g/mol. The zero-order valence-corrected chi connectivity index (χ0v) is 69.4. The van der Waals surface area contributed by atoms with Crippen LogP contribution in [0.4, 0.5) is 0 Å². The summed E-state index contributed by atoms with van der Waals surface area (Å²) in [6, 6.07) is 61.4. The van der Waals surface area contributed by atoms with E-state index in [1.165, 1.54) is 58.7 Å². The number of rotatable bonds is 30. The summed E-state index contributed by atoms with van der Waals surface area (Å²) in [5, 5.41) is 27.5. The minimum Gasteiger partial charge on any atom is -0.494 e. The SMILES string of the molecule is CC#C[C@@H](CC(=O)O)c1ccc(OC2CCc3ccc(-c4cc(C)ccc4OCCCC)cc32)cc1.CC#C[C@@H](CC(=O)OC)c1ccc(OC2CCc3ccc(-c4cc(C)ccc4OCCCC)cc32)cc1.CC#C[C@@H](CC(=O)OC)c1ccc(OC2CCc3ccc(Br)cc32)cc1.CCCCOc1ccc(C)cc1B(O)O. The monoisotopic (exact) mass is 1600 g/mol. The molecule has 9 aromatic carbocycles. The normalized spacial score (nSPS) is 14.5. The van der Waals surface area contributed by atoms with Gasteiger partial charge in [0.2, 0.25) is 0 Å². The molecule has 14 nitrogen and oxygen atoms in total. The number of ether oxygens (including phenoxy) is 8. The highest BCUT2D eigenvalue weighted by Crippen LogP contribution is 2.43. The van der Waals surface area contributed by atoms with Crippen molar-refractivity contribution in [1.82, 2.24) is 0 Å². The van der Waals surface area contributed by atoms with Gasteiger partial charge in [0.1, 0.15) is 52.8 Å². The maximum absolute atomic E-state index is 11.8. The number of unbranched alkanes of at least 4 members (excludes halogenated alkanes) is 3. The van der Waals surface area contributed by atoms with E-state index in [0.29, 0.717) is 17.8 Å². The summed E-state index contributed by atoms with van der Waals surface area (Å²) in [5.41, 5.74) is 19.0. The van der Waals surface area contributed by atoms with E-state index < -0.39 is 13.1 Å². The molecule has 0 bridgehead atoms. The largest absolute Gasteiger partial charge is 0.494 e. The quantitative estimate of drug-likeness (QED) is 0.0167. The smallest absolute Gasteiger partial charge is 0.492 e. The molecule has 594 valence electrons. The van der Waals surface area contributed by atoms with Gasteiger partial charge in [0.15, 0.2) is 0 Å². The van der Waals surface area contributed by atoms with Gasteiger partial charge in [-0.05, 0) is 252 Å². The summed E-state index contributed by atoms with van der Waals surface area (Å²) in [5.74, 6) is 20.6. The molecule has 16 heteroatoms. The van der Waals surface area contributed by atoms with Crippen molar-refractivity contribution in [3.8, 4) is 92.3 Å². The number of methoxy groups -OCH3 is 2. The van der Waals surface area contributed by atoms with Crippen molar-refractivity contribution in [3.63, 3.8) is 0 Å². The van der Waals surface area contributed by atoms with Crippen LogP contribution in [0.5, 0.6) is 34.5 Å². The highest BCUT2D eigenvalue weighted by atomic mass is 79.9. The van der Waals surface area contributed by atoms with Crippen LogP contribution < -0.4 is 33.9 Å². The Labute approximate surface area is 683 Å². The average molecular weight is 1600 g/mol. The fraction of sp³-hybridized carbons (Fsp3) is 0.357. The Hall–Kier alpha value is -10.7. The zero-order chi connectivity index (χ0) is 81.5. The first-order valence-corrected chi connectivity index (χ1v) is 40.6. The summed E-state index contributed by atoms with van der Waals surface area (Å²) >= 11 is 3.54. The summed E-state index contributed by atoms with van der Waals surface area (Å²) in [4.78, 5) is 34.6. The molecule has 3 aliphatic carbocycles. The van der Waals surface area contributed by atoms with Gasteiger partial charge in [-0.1, -0.05) is 181 Å². The Morgan fingerprint density at radius 2 is 0.781 bits per heavy atom. The molecular formula is C98H108BBrO14. The summed E-state index contributed by atoms with van der Waals surface area (Å²) in [6.07, 6.45) is 12.7. The number of fused-ring (bicyclic) bond motifs is 3. The van der Waals surface area contributed by atoms with Gasteiger partial charge in [0, 0.05) is 21.1 Å². The highest BCUT2D eigenvalue weighted by Gasteiger charge is 2.29. The van der Waals surface area contributed by atoms with E-state index in [1.807, 2.05) is 85.8 Å². The molecule has 3 aliphatic rings. The van der Waals surface area contributed by atoms with Gasteiger partial charge in [0.25, 0.3) is 0 Å². The first-order chi connectivity index (χ1) is 55.2. The van der Waals surface area contributed by atoms with E-state index in [4.69, 9.17) is 47.9 Å². The maximum Gasteiger partial charge on any atom is 0.492 e. The van der Waals surface area contributed by atoms with Crippen molar-refractivity contribution in [3.05, 3.63) is 253 Å². The molecule has 6 atom stereocenters. The number of hydrogen-bond acceptors (Lipinski definition) is 13. The van der Waals surface area contributed by atoms with E-state index in [-0.39, 0.29) is 67.3 Å². The van der Waals surface area contributed by atoms with Crippen LogP contribution >= 0.6 is 15.9 Å². The molecule has 0 saturated heterocycles. The minimum absolute atomic E-state index is 0.00336. The summed E-state index contributed by atoms with van der Waals surface area (Å²) in [7, 11) is 1.33. The maximum atomic E-state index is 11.8. The Balaban J connectivity index is 0.000000182. The summed E-state index contributed by atoms with van der Waals surface area (Å²) in [6.45, 7) is 19.9. The molecule has 0 radical (unpaired) electrons. The van der Waals surface area contributed by atoms with Crippen molar-refractivity contribution >= 4 is 46.4 Å². The second kappa shape index (κ2) is 44.7. The molecule has 0 spiro atoms. The van der Waals surface area contributed by atoms with Gasteiger partial charge < -0.3 is 53.0 Å². The number of aliphatic carboxylic acids is 1. The number of benzene rings is 9. The van der Waals surface area contributed by atoms with Crippen LogP contribution in [0.15, 0.2) is 186 Å². The van der Waals surface area contributed by atoms with Gasteiger partial charge >= 0.3 is 25.0 Å². The van der Waals surface area contributed by atoms with Crippen LogP contribution in [0.1, 0.15) is 221 Å². The number of carbonyl (C=O) groups excluding carboxylic acids is 2. The predicted octanol–water partition coefficient (Wildman–Crippen LogP) is 21.1. The molecule has 3 unspecified atom stereocenters. The molecule has 12 rings (SSSR count). The lowest BCUT2D eigenvalue weighted by atomic mass is 9.79. The Morgan fingerprint density at radius 1 is 0.439 bits per heavy atom. The van der Waals surface area contributed by atoms with E-state index >= 15 is 0 Å². The number of esters is 2. The lowest BCUT2D eigenvalue weighted by molar-refractivity contribution is -0.141. The van der Waals surface area contributed by atoms with Gasteiger partial charge in [-0.15, -0.1) is 17.8 Å². The first-order valence-electron chi connectivity index (χ1n) is 39.8. The van der Waals surface area contributed by atoms with Gasteiger partial charge in [0.05, 0.1) is 71.1 Å². The van der Waals surface area contributed by atoms with E-state index in [0.717, 1.165) is 168 Å². The zero-order valence-electron chi connectivity index (χ0n) is 67.8. The van der Waals surface area contributed by atoms with Crippen molar-refractivity contribution in [2.24, 2.45) is 0 Å². The fourth-order valence-corrected chi connectivity index (χ4v) is 14.5. The Bertz CT molecular complexity index is 4860. The van der Waals surface area contributed by atoms with Gasteiger partial charge in [-0.2, -0.15) is 0 Å². The van der Waals surface area contributed by atoms with Gasteiger partial charge in [-0.3, -0.25) is 14.4 Å². The molecule has 0 aromatic heterocycles. The van der Waals surface area contributed by atoms with Gasteiger partial charge in [-0.25, -0.2) is 0 Å².